The van der Waals surface area contributed by atoms with E-state index < -0.39 is 15.7 Å². The molecule has 0 saturated heterocycles. The fourth-order valence-corrected chi connectivity index (χ4v) is 4.88. The van der Waals surface area contributed by atoms with Crippen LogP contribution in [0, 0.1) is 0 Å². The lowest BCUT2D eigenvalue weighted by Gasteiger charge is -2.17. The zero-order valence-electron chi connectivity index (χ0n) is 14.8. The number of carbonyl (C=O) groups excluding carboxylic acids is 2. The van der Waals surface area contributed by atoms with Crippen molar-refractivity contribution in [2.75, 3.05) is 29.2 Å². The first-order valence-electron chi connectivity index (χ1n) is 8.21. The van der Waals surface area contributed by atoms with E-state index in [2.05, 4.69) is 10.6 Å². The monoisotopic (exact) mass is 440 g/mol. The molecule has 28 heavy (non-hydrogen) atoms. The van der Waals surface area contributed by atoms with Gasteiger partial charge in [-0.3, -0.25) is 9.59 Å². The highest BCUT2D eigenvalue weighted by molar-refractivity contribution is 8.00. The van der Waals surface area contributed by atoms with Crippen molar-refractivity contribution in [1.82, 2.24) is 0 Å². The van der Waals surface area contributed by atoms with Crippen LogP contribution in [-0.2, 0) is 19.4 Å². The Morgan fingerprint density at radius 1 is 1.29 bits per heavy atom. The SMILES string of the molecule is COc1ccc(NC(=O)CCS(=O)(=O)c2ccc3c(c2)NC(=O)CS3)cc1Cl. The highest BCUT2D eigenvalue weighted by Crippen LogP contribution is 2.33. The number of fused-ring (bicyclic) bond motifs is 1. The first-order chi connectivity index (χ1) is 13.3. The number of methoxy groups -OCH3 is 1. The minimum atomic E-state index is -3.68. The van der Waals surface area contributed by atoms with Gasteiger partial charge in [-0.25, -0.2) is 8.42 Å². The second-order valence-corrected chi connectivity index (χ2v) is 9.49. The number of ether oxygens (including phenoxy) is 1. The lowest BCUT2D eigenvalue weighted by atomic mass is 10.3. The van der Waals surface area contributed by atoms with Crippen LogP contribution in [0.1, 0.15) is 6.42 Å². The topological polar surface area (TPSA) is 102 Å². The molecule has 2 aromatic carbocycles. The van der Waals surface area contributed by atoms with E-state index >= 15 is 0 Å². The molecule has 0 bridgehead atoms. The molecule has 2 aromatic rings. The summed E-state index contributed by atoms with van der Waals surface area (Å²) >= 11 is 7.36. The van der Waals surface area contributed by atoms with Crippen LogP contribution in [0.3, 0.4) is 0 Å². The predicted molar refractivity (Wildman–Crippen MR) is 109 cm³/mol. The van der Waals surface area contributed by atoms with Crippen molar-refractivity contribution in [3.8, 4) is 5.75 Å². The number of hydrogen-bond donors (Lipinski definition) is 2. The van der Waals surface area contributed by atoms with Crippen LogP contribution in [0.2, 0.25) is 5.02 Å². The Balaban J connectivity index is 1.64. The minimum Gasteiger partial charge on any atom is -0.495 e. The summed E-state index contributed by atoms with van der Waals surface area (Å²) in [7, 11) is -2.20. The first kappa shape index (κ1) is 20.5. The molecule has 0 aromatic heterocycles. The lowest BCUT2D eigenvalue weighted by molar-refractivity contribution is -0.116. The fraction of sp³-hybridized carbons (Fsp3) is 0.222. The Labute approximate surface area is 171 Å². The summed E-state index contributed by atoms with van der Waals surface area (Å²) in [5, 5.41) is 5.60. The Kier molecular flexibility index (Phi) is 6.17. The van der Waals surface area contributed by atoms with Gasteiger partial charge < -0.3 is 15.4 Å². The molecule has 0 fully saturated rings. The van der Waals surface area contributed by atoms with Crippen molar-refractivity contribution in [2.45, 2.75) is 16.2 Å². The van der Waals surface area contributed by atoms with E-state index in [0.29, 0.717) is 27.9 Å². The van der Waals surface area contributed by atoms with Crippen LogP contribution in [0.5, 0.6) is 5.75 Å². The van der Waals surface area contributed by atoms with Crippen LogP contribution < -0.4 is 15.4 Å². The fourth-order valence-electron chi connectivity index (χ4n) is 2.57. The first-order valence-corrected chi connectivity index (χ1v) is 11.2. The Morgan fingerprint density at radius 2 is 2.07 bits per heavy atom. The van der Waals surface area contributed by atoms with Gasteiger partial charge in [0.15, 0.2) is 9.84 Å². The Hall–Kier alpha value is -2.23. The molecule has 7 nitrogen and oxygen atoms in total. The van der Waals surface area contributed by atoms with Crippen LogP contribution in [-0.4, -0.2) is 38.8 Å². The van der Waals surface area contributed by atoms with E-state index in [4.69, 9.17) is 16.3 Å². The molecule has 2 N–H and O–H groups in total. The van der Waals surface area contributed by atoms with Gasteiger partial charge in [0.1, 0.15) is 5.75 Å². The van der Waals surface area contributed by atoms with Crippen molar-refractivity contribution in [3.05, 3.63) is 41.4 Å². The molecule has 0 spiro atoms. The summed E-state index contributed by atoms with van der Waals surface area (Å²) in [5.41, 5.74) is 0.918. The van der Waals surface area contributed by atoms with E-state index in [1.807, 2.05) is 0 Å². The third kappa shape index (κ3) is 4.78. The molecule has 0 unspecified atom stereocenters. The molecule has 0 saturated carbocycles. The number of halogens is 1. The highest BCUT2D eigenvalue weighted by atomic mass is 35.5. The summed E-state index contributed by atoms with van der Waals surface area (Å²) in [6, 6.07) is 9.31. The molecular weight excluding hydrogens is 424 g/mol. The number of benzene rings is 2. The van der Waals surface area contributed by atoms with Crippen molar-refractivity contribution >= 4 is 56.4 Å². The van der Waals surface area contributed by atoms with Gasteiger partial charge in [0.25, 0.3) is 0 Å². The van der Waals surface area contributed by atoms with Crippen LogP contribution >= 0.6 is 23.4 Å². The summed E-state index contributed by atoms with van der Waals surface area (Å²) in [4.78, 5) is 24.5. The number of sulfone groups is 1. The number of carbonyl (C=O) groups is 2. The van der Waals surface area contributed by atoms with Crippen molar-refractivity contribution < 1.29 is 22.7 Å². The molecule has 0 radical (unpaired) electrons. The number of anilines is 2. The van der Waals surface area contributed by atoms with Gasteiger partial charge in [-0.1, -0.05) is 11.6 Å². The quantitative estimate of drug-likeness (QED) is 0.715. The molecular formula is C18H17ClN2O5S2. The average molecular weight is 441 g/mol. The number of amides is 2. The summed E-state index contributed by atoms with van der Waals surface area (Å²) in [5.74, 6) is -0.215. The third-order valence-corrected chi connectivity index (χ3v) is 7.06. The second-order valence-electron chi connectivity index (χ2n) is 5.96. The molecule has 1 aliphatic rings. The molecule has 2 amide bonds. The van der Waals surface area contributed by atoms with Gasteiger partial charge in [-0.05, 0) is 36.4 Å². The lowest BCUT2D eigenvalue weighted by Crippen LogP contribution is -2.20. The molecule has 10 heteroatoms. The number of thioether (sulfide) groups is 1. The molecule has 0 aliphatic carbocycles. The maximum absolute atomic E-state index is 12.6. The number of rotatable bonds is 6. The van der Waals surface area contributed by atoms with Crippen molar-refractivity contribution in [2.24, 2.45) is 0 Å². The van der Waals surface area contributed by atoms with Crippen LogP contribution in [0.4, 0.5) is 11.4 Å². The van der Waals surface area contributed by atoms with E-state index in [0.717, 1.165) is 4.90 Å². The zero-order chi connectivity index (χ0) is 20.3. The minimum absolute atomic E-state index is 0.0642. The largest absolute Gasteiger partial charge is 0.495 e. The van der Waals surface area contributed by atoms with Crippen LogP contribution in [0.25, 0.3) is 0 Å². The predicted octanol–water partition coefficient (Wildman–Crippen LogP) is 3.20. The van der Waals surface area contributed by atoms with Crippen molar-refractivity contribution in [1.29, 1.82) is 0 Å². The second kappa shape index (κ2) is 8.42. The van der Waals surface area contributed by atoms with E-state index in [1.165, 1.54) is 37.1 Å². The summed E-state index contributed by atoms with van der Waals surface area (Å²) in [6.45, 7) is 0. The molecule has 148 valence electrons. The summed E-state index contributed by atoms with van der Waals surface area (Å²) in [6.07, 6.45) is -0.218. The van der Waals surface area contributed by atoms with Gasteiger partial charge in [-0.2, -0.15) is 0 Å². The molecule has 1 aliphatic heterocycles. The smallest absolute Gasteiger partial charge is 0.234 e. The van der Waals surface area contributed by atoms with Gasteiger partial charge >= 0.3 is 0 Å². The van der Waals surface area contributed by atoms with Gasteiger partial charge in [0.2, 0.25) is 11.8 Å². The molecule has 3 rings (SSSR count). The third-order valence-electron chi connectivity index (χ3n) is 3.98. The highest BCUT2D eigenvalue weighted by Gasteiger charge is 2.21. The summed E-state index contributed by atoms with van der Waals surface area (Å²) < 4.78 is 30.2. The molecule has 0 atom stereocenters. The maximum atomic E-state index is 12.6. The number of hydrogen-bond acceptors (Lipinski definition) is 6. The van der Waals surface area contributed by atoms with E-state index in [-0.39, 0.29) is 23.0 Å². The van der Waals surface area contributed by atoms with Gasteiger partial charge in [0, 0.05) is 17.0 Å². The van der Waals surface area contributed by atoms with Gasteiger partial charge in [0.05, 0.1) is 34.2 Å². The Bertz CT molecular complexity index is 1040. The standard InChI is InChI=1S/C18H17ClN2O5S2/c1-26-15-4-2-11(8-13(15)19)20-17(22)6-7-28(24,25)12-3-5-16-14(9-12)21-18(23)10-27-16/h2-5,8-9H,6-7,10H2,1H3,(H,20,22)(H,21,23). The van der Waals surface area contributed by atoms with Gasteiger partial charge in [-0.15, -0.1) is 11.8 Å². The maximum Gasteiger partial charge on any atom is 0.234 e. The molecule has 1 heterocycles. The van der Waals surface area contributed by atoms with E-state index in [1.54, 1.807) is 18.2 Å². The van der Waals surface area contributed by atoms with E-state index in [9.17, 15) is 18.0 Å². The zero-order valence-corrected chi connectivity index (χ0v) is 17.2. The Morgan fingerprint density at radius 3 is 2.79 bits per heavy atom. The average Bonchev–Trinajstić information content (AvgIpc) is 2.66. The van der Waals surface area contributed by atoms with Crippen LogP contribution in [0.15, 0.2) is 46.2 Å². The van der Waals surface area contributed by atoms with Crippen molar-refractivity contribution in [3.63, 3.8) is 0 Å². The number of nitrogens with one attached hydrogen (secondary N) is 2. The normalized spacial score (nSPS) is 13.4.